The average molecular weight is 1110 g/mol. The summed E-state index contributed by atoms with van der Waals surface area (Å²) in [4.78, 5) is 24.6. The van der Waals surface area contributed by atoms with Crippen LogP contribution in [0.4, 0.5) is 0 Å². The molecule has 0 aromatic carbocycles. The van der Waals surface area contributed by atoms with Gasteiger partial charge in [0.1, 0.15) is 6.61 Å². The van der Waals surface area contributed by atoms with Gasteiger partial charge >= 0.3 is 11.9 Å². The van der Waals surface area contributed by atoms with Crippen LogP contribution < -0.4 is 0 Å². The molecule has 0 radical (unpaired) electrons. The van der Waals surface area contributed by atoms with Crippen molar-refractivity contribution >= 4 is 11.9 Å². The number of carbonyl (C=O) groups excluding carboxylic acids is 2. The molecule has 1 atom stereocenters. The highest BCUT2D eigenvalue weighted by Gasteiger charge is 2.16. The SMILES string of the molecule is CC/C=C\C/C=C\C/C=C\C/C=C\C/C=C\C/C=C\C/C=C\C/C=C\C/C=C\C/C=C\CCCCCCCCC(=O)OC(CO)COC(=O)CCCCCCCCCCCCCCCCCCC/C=C\C/C=C\CCCCCCC. The summed E-state index contributed by atoms with van der Waals surface area (Å²) in [6.45, 7) is 4.02. The summed E-state index contributed by atoms with van der Waals surface area (Å²) in [5, 5.41) is 9.69. The molecule has 5 heteroatoms. The Bertz CT molecular complexity index is 1680. The first-order chi connectivity index (χ1) is 39.6. The Balaban J connectivity index is 3.57. The Kier molecular flexibility index (Phi) is 65.4. The van der Waals surface area contributed by atoms with Crippen molar-refractivity contribution in [1.29, 1.82) is 0 Å². The lowest BCUT2D eigenvalue weighted by molar-refractivity contribution is -0.161. The molecule has 5 nitrogen and oxygen atoms in total. The predicted octanol–water partition coefficient (Wildman–Crippen LogP) is 23.3. The summed E-state index contributed by atoms with van der Waals surface area (Å²) in [5.41, 5.74) is 0. The van der Waals surface area contributed by atoms with E-state index in [1.165, 1.54) is 154 Å². The smallest absolute Gasteiger partial charge is 0.306 e. The first-order valence-electron chi connectivity index (χ1n) is 33.4. The molecule has 0 aliphatic rings. The number of aliphatic hydroxyl groups excluding tert-OH is 1. The summed E-state index contributed by atoms with van der Waals surface area (Å²) in [5.74, 6) is -0.608. The molecule has 0 saturated carbocycles. The number of carbonyl (C=O) groups is 2. The van der Waals surface area contributed by atoms with Crippen molar-refractivity contribution in [3.8, 4) is 0 Å². The lowest BCUT2D eigenvalue weighted by Gasteiger charge is -2.15. The number of hydrogen-bond donors (Lipinski definition) is 1. The summed E-state index contributed by atoms with van der Waals surface area (Å²) >= 11 is 0. The summed E-state index contributed by atoms with van der Waals surface area (Å²) < 4.78 is 10.7. The van der Waals surface area contributed by atoms with Gasteiger partial charge in [-0.25, -0.2) is 0 Å². The summed E-state index contributed by atoms with van der Waals surface area (Å²) in [6.07, 6.45) is 104. The van der Waals surface area contributed by atoms with Gasteiger partial charge in [-0.3, -0.25) is 9.59 Å². The second-order valence-electron chi connectivity index (χ2n) is 21.8. The highest BCUT2D eigenvalue weighted by Crippen LogP contribution is 2.16. The topological polar surface area (TPSA) is 72.8 Å². The standard InChI is InChI=1S/C75H124O5/c1-3-5-7-9-11-13-15-17-19-21-23-25-27-29-31-33-34-35-36-37-38-39-40-42-44-46-48-50-52-54-56-58-60-62-64-66-68-70-75(78)80-73(71-76)72-79-74(77)69-67-65-63-61-59-57-55-53-51-49-47-45-43-41-32-30-28-26-24-22-20-18-16-14-12-10-8-6-4-2/h5,7,11,13,16-19,22-25,29,31,34-35,37-38,40,42,46,48,52,54,73,76H,3-4,6,8-10,12,14-15,20-21,26-28,30,32-33,36,39,41,43-45,47,49-51,53,55-72H2,1-2H3/b7-5-,13-11-,18-16-,19-17-,24-22-,25-23-,31-29-,35-34-,38-37-,42-40-,48-46-,54-52-. The lowest BCUT2D eigenvalue weighted by atomic mass is 10.0. The molecular formula is C75H124O5. The van der Waals surface area contributed by atoms with Crippen LogP contribution >= 0.6 is 0 Å². The number of allylic oxidation sites excluding steroid dienone is 24. The van der Waals surface area contributed by atoms with Crippen LogP contribution in [0.1, 0.15) is 296 Å². The molecular weight excluding hydrogens is 981 g/mol. The van der Waals surface area contributed by atoms with Gasteiger partial charge in [0.25, 0.3) is 0 Å². The second kappa shape index (κ2) is 69.1. The number of hydrogen-bond acceptors (Lipinski definition) is 5. The molecule has 1 unspecified atom stereocenters. The van der Waals surface area contributed by atoms with Crippen LogP contribution in [0.2, 0.25) is 0 Å². The van der Waals surface area contributed by atoms with E-state index in [9.17, 15) is 14.7 Å². The molecule has 454 valence electrons. The largest absolute Gasteiger partial charge is 0.462 e. The molecule has 0 aromatic rings. The molecule has 0 aliphatic carbocycles. The molecule has 0 heterocycles. The fraction of sp³-hybridized carbons (Fsp3) is 0.653. The zero-order chi connectivity index (χ0) is 57.6. The zero-order valence-corrected chi connectivity index (χ0v) is 52.0. The van der Waals surface area contributed by atoms with Crippen molar-refractivity contribution in [3.63, 3.8) is 0 Å². The van der Waals surface area contributed by atoms with Gasteiger partial charge in [-0.1, -0.05) is 307 Å². The van der Waals surface area contributed by atoms with Crippen LogP contribution in [0, 0.1) is 0 Å². The zero-order valence-electron chi connectivity index (χ0n) is 52.0. The van der Waals surface area contributed by atoms with Crippen molar-refractivity contribution in [2.75, 3.05) is 13.2 Å². The molecule has 0 rings (SSSR count). The molecule has 1 N–H and O–H groups in total. The van der Waals surface area contributed by atoms with Gasteiger partial charge in [0.2, 0.25) is 0 Å². The van der Waals surface area contributed by atoms with Crippen molar-refractivity contribution in [3.05, 3.63) is 146 Å². The first kappa shape index (κ1) is 75.8. The fourth-order valence-corrected chi connectivity index (χ4v) is 9.14. The third kappa shape index (κ3) is 66.3. The molecule has 0 bridgehead atoms. The fourth-order valence-electron chi connectivity index (χ4n) is 9.14. The highest BCUT2D eigenvalue weighted by atomic mass is 16.6. The minimum atomic E-state index is -0.791. The maximum Gasteiger partial charge on any atom is 0.306 e. The normalized spacial score (nSPS) is 13.2. The van der Waals surface area contributed by atoms with Gasteiger partial charge < -0.3 is 14.6 Å². The van der Waals surface area contributed by atoms with Crippen molar-refractivity contribution < 1.29 is 24.2 Å². The third-order valence-electron chi connectivity index (χ3n) is 14.1. The van der Waals surface area contributed by atoms with Crippen molar-refractivity contribution in [2.45, 2.75) is 302 Å². The van der Waals surface area contributed by atoms with Crippen LogP contribution in [0.5, 0.6) is 0 Å². The average Bonchev–Trinajstić information content (AvgIpc) is 3.46. The van der Waals surface area contributed by atoms with E-state index in [4.69, 9.17) is 9.47 Å². The number of aliphatic hydroxyl groups is 1. The highest BCUT2D eigenvalue weighted by molar-refractivity contribution is 5.70. The van der Waals surface area contributed by atoms with Crippen LogP contribution in [0.15, 0.2) is 146 Å². The maximum absolute atomic E-state index is 12.4. The van der Waals surface area contributed by atoms with E-state index in [-0.39, 0.29) is 25.2 Å². The molecule has 0 aliphatic heterocycles. The van der Waals surface area contributed by atoms with Gasteiger partial charge in [-0.15, -0.1) is 0 Å². The minimum Gasteiger partial charge on any atom is -0.462 e. The van der Waals surface area contributed by atoms with E-state index in [1.807, 2.05) is 0 Å². The van der Waals surface area contributed by atoms with Gasteiger partial charge in [0, 0.05) is 12.8 Å². The van der Waals surface area contributed by atoms with E-state index in [1.54, 1.807) is 0 Å². The number of unbranched alkanes of at least 4 members (excludes halogenated alkanes) is 28. The van der Waals surface area contributed by atoms with E-state index in [2.05, 4.69) is 160 Å². The van der Waals surface area contributed by atoms with Crippen LogP contribution in [-0.4, -0.2) is 36.4 Å². The summed E-state index contributed by atoms with van der Waals surface area (Å²) in [6, 6.07) is 0. The molecule has 0 aromatic heterocycles. The quantitative estimate of drug-likeness (QED) is 0.0373. The Morgan fingerprint density at radius 3 is 0.812 bits per heavy atom. The van der Waals surface area contributed by atoms with Crippen LogP contribution in [0.25, 0.3) is 0 Å². The Morgan fingerprint density at radius 2 is 0.537 bits per heavy atom. The van der Waals surface area contributed by atoms with Crippen LogP contribution in [0.3, 0.4) is 0 Å². The van der Waals surface area contributed by atoms with E-state index < -0.39 is 6.10 Å². The second-order valence-corrected chi connectivity index (χ2v) is 21.8. The summed E-state index contributed by atoms with van der Waals surface area (Å²) in [7, 11) is 0. The Hall–Kier alpha value is -4.22. The molecule has 0 fully saturated rings. The van der Waals surface area contributed by atoms with Crippen molar-refractivity contribution in [2.24, 2.45) is 0 Å². The molecule has 0 saturated heterocycles. The predicted molar refractivity (Wildman–Crippen MR) is 352 cm³/mol. The van der Waals surface area contributed by atoms with E-state index in [0.29, 0.717) is 12.8 Å². The molecule has 0 amide bonds. The van der Waals surface area contributed by atoms with Crippen molar-refractivity contribution in [1.82, 2.24) is 0 Å². The molecule has 80 heavy (non-hydrogen) atoms. The van der Waals surface area contributed by atoms with Gasteiger partial charge in [0.05, 0.1) is 6.61 Å². The van der Waals surface area contributed by atoms with Gasteiger partial charge in [-0.2, -0.15) is 0 Å². The maximum atomic E-state index is 12.4. The van der Waals surface area contributed by atoms with Gasteiger partial charge in [-0.05, 0) is 122 Å². The van der Waals surface area contributed by atoms with E-state index >= 15 is 0 Å². The Morgan fingerprint density at radius 1 is 0.300 bits per heavy atom. The minimum absolute atomic E-state index is 0.0782. The Labute approximate surface area is 495 Å². The number of rotatable bonds is 60. The van der Waals surface area contributed by atoms with Crippen LogP contribution in [-0.2, 0) is 19.1 Å². The number of esters is 2. The van der Waals surface area contributed by atoms with E-state index in [0.717, 1.165) is 116 Å². The first-order valence-corrected chi connectivity index (χ1v) is 33.4. The molecule has 0 spiro atoms. The third-order valence-corrected chi connectivity index (χ3v) is 14.1. The van der Waals surface area contributed by atoms with Gasteiger partial charge in [0.15, 0.2) is 6.10 Å². The number of ether oxygens (including phenoxy) is 2. The monoisotopic (exact) mass is 1100 g/mol. The lowest BCUT2D eigenvalue weighted by Crippen LogP contribution is -2.28.